The molecule has 16 heteroatoms. The Morgan fingerprint density at radius 3 is 2.55 bits per heavy atom. The molecule has 0 bridgehead atoms. The van der Waals surface area contributed by atoms with E-state index in [0.29, 0.717) is 0 Å². The summed E-state index contributed by atoms with van der Waals surface area (Å²) in [5.41, 5.74) is 5.25. The summed E-state index contributed by atoms with van der Waals surface area (Å²) < 4.78 is 36.0. The molecule has 1 saturated heterocycles. The molecule has 0 saturated carbocycles. The van der Waals surface area contributed by atoms with E-state index in [2.05, 4.69) is 20.2 Å². The number of methoxy groups -OCH3 is 1. The van der Waals surface area contributed by atoms with Gasteiger partial charge in [0, 0.05) is 5.38 Å². The number of rotatable bonds is 7. The largest absolute Gasteiger partial charge is 1.00 e. The van der Waals surface area contributed by atoms with Gasteiger partial charge < -0.3 is 22.1 Å². The fraction of sp³-hybridized carbons (Fsp3) is 0.462. The van der Waals surface area contributed by atoms with Crippen molar-refractivity contribution in [2.75, 3.05) is 12.8 Å². The van der Waals surface area contributed by atoms with Crippen molar-refractivity contribution in [2.24, 2.45) is 5.16 Å². The molecular weight excluding hydrogens is 441 g/mol. The number of hydrogen-bond acceptors (Lipinski definition) is 11. The van der Waals surface area contributed by atoms with E-state index in [9.17, 15) is 22.8 Å². The fourth-order valence-electron chi connectivity index (χ4n) is 2.18. The smallest absolute Gasteiger partial charge is 1.00 e. The van der Waals surface area contributed by atoms with Gasteiger partial charge in [0.2, 0.25) is 0 Å². The number of esters is 1. The van der Waals surface area contributed by atoms with Crippen molar-refractivity contribution in [3.05, 3.63) is 11.1 Å². The van der Waals surface area contributed by atoms with Gasteiger partial charge in [-0.3, -0.25) is 14.1 Å². The molecule has 0 aromatic carbocycles. The van der Waals surface area contributed by atoms with Crippen LogP contribution < -0.4 is 40.6 Å². The molecule has 2 unspecified atom stereocenters. The average molecular weight is 459 g/mol. The molecule has 0 spiro atoms. The van der Waals surface area contributed by atoms with Crippen molar-refractivity contribution in [1.29, 1.82) is 0 Å². The summed E-state index contributed by atoms with van der Waals surface area (Å²) in [4.78, 5) is 45.4. The van der Waals surface area contributed by atoms with Crippen molar-refractivity contribution < 1.29 is 67.9 Å². The molecule has 13 nitrogen and oxygen atoms in total. The van der Waals surface area contributed by atoms with Crippen LogP contribution >= 0.6 is 11.3 Å². The standard InChI is InChI=1S/C13H17N5O8S2.Na.H/c1-5(2)26-17-7(6-4-27-13(14)15-6)10(19)16-8-9(12(21)25-3)18(11(8)20)28(22,23)24;;/h4-5,8-9H,1-3H3,(H2,14,15)(H,16,19)(H,22,23,24);;/q;+1;-1/b17-7-;;. The van der Waals surface area contributed by atoms with Crippen molar-refractivity contribution in [2.45, 2.75) is 32.0 Å². The van der Waals surface area contributed by atoms with E-state index in [0.717, 1.165) is 18.4 Å². The number of carbonyl (C=O) groups is 3. The Morgan fingerprint density at radius 2 is 2.10 bits per heavy atom. The van der Waals surface area contributed by atoms with E-state index in [1.807, 2.05) is 0 Å². The minimum absolute atomic E-state index is 0. The number of aromatic nitrogens is 1. The number of carbonyl (C=O) groups excluding carboxylic acids is 3. The third-order valence-corrected chi connectivity index (χ3v) is 4.94. The van der Waals surface area contributed by atoms with Crippen LogP contribution in [0.25, 0.3) is 0 Å². The van der Waals surface area contributed by atoms with Gasteiger partial charge in [0.1, 0.15) is 17.8 Å². The minimum Gasteiger partial charge on any atom is -1.00 e. The zero-order chi connectivity index (χ0) is 21.2. The van der Waals surface area contributed by atoms with E-state index < -0.39 is 40.2 Å². The van der Waals surface area contributed by atoms with Gasteiger partial charge in [0.05, 0.1) is 7.11 Å². The number of nitrogens with two attached hydrogens (primary N) is 1. The van der Waals surface area contributed by atoms with Gasteiger partial charge in [-0.05, 0) is 13.8 Å². The van der Waals surface area contributed by atoms with Gasteiger partial charge in [-0.25, -0.2) is 9.78 Å². The summed E-state index contributed by atoms with van der Waals surface area (Å²) in [5.74, 6) is -3.36. The molecule has 156 valence electrons. The van der Waals surface area contributed by atoms with E-state index in [-0.39, 0.29) is 57.9 Å². The second kappa shape index (κ2) is 9.82. The van der Waals surface area contributed by atoms with Gasteiger partial charge in [-0.2, -0.15) is 12.7 Å². The summed E-state index contributed by atoms with van der Waals surface area (Å²) in [6, 6.07) is -3.38. The van der Waals surface area contributed by atoms with E-state index in [1.54, 1.807) is 13.8 Å². The van der Waals surface area contributed by atoms with Gasteiger partial charge in [-0.15, -0.1) is 11.3 Å². The number of hydrogen-bond donors (Lipinski definition) is 3. The Bertz CT molecular complexity index is 938. The van der Waals surface area contributed by atoms with Crippen LogP contribution in [0.2, 0.25) is 0 Å². The number of nitrogens with one attached hydrogen (secondary N) is 1. The van der Waals surface area contributed by atoms with Crippen molar-refractivity contribution in [3.8, 4) is 0 Å². The maximum atomic E-state index is 12.6. The number of thiazole rings is 1. The van der Waals surface area contributed by atoms with Crippen molar-refractivity contribution in [3.63, 3.8) is 0 Å². The Balaban J connectivity index is 0.00000420. The van der Waals surface area contributed by atoms with Gasteiger partial charge >= 0.3 is 45.8 Å². The number of nitrogens with zero attached hydrogens (tertiary/aromatic N) is 3. The van der Waals surface area contributed by atoms with Crippen LogP contribution in [0.3, 0.4) is 0 Å². The molecule has 1 aromatic heterocycles. The maximum absolute atomic E-state index is 12.6. The zero-order valence-electron chi connectivity index (χ0n) is 16.8. The summed E-state index contributed by atoms with van der Waals surface area (Å²) in [7, 11) is -4.08. The Hall–Kier alpha value is -1.78. The van der Waals surface area contributed by atoms with Crippen molar-refractivity contribution in [1.82, 2.24) is 14.6 Å². The third kappa shape index (κ3) is 5.64. The predicted molar refractivity (Wildman–Crippen MR) is 96.5 cm³/mol. The first kappa shape index (κ1) is 25.3. The van der Waals surface area contributed by atoms with E-state index in [1.165, 1.54) is 5.38 Å². The molecular formula is C13H18N5NaO8S2. The first-order valence-electron chi connectivity index (χ1n) is 7.62. The van der Waals surface area contributed by atoms with Crippen LogP contribution in [0, 0.1) is 0 Å². The molecule has 1 fully saturated rings. The van der Waals surface area contributed by atoms with Crippen LogP contribution in [0.15, 0.2) is 10.5 Å². The monoisotopic (exact) mass is 459 g/mol. The average Bonchev–Trinajstić information content (AvgIpc) is 3.01. The van der Waals surface area contributed by atoms with Crippen LogP contribution in [-0.4, -0.2) is 71.1 Å². The molecule has 2 rings (SSSR count). The van der Waals surface area contributed by atoms with E-state index in [4.69, 9.17) is 15.1 Å². The molecule has 0 aliphatic carbocycles. The predicted octanol–water partition coefficient (Wildman–Crippen LogP) is -4.36. The van der Waals surface area contributed by atoms with Gasteiger partial charge in [0.15, 0.2) is 16.9 Å². The molecule has 29 heavy (non-hydrogen) atoms. The zero-order valence-corrected chi connectivity index (χ0v) is 19.5. The molecule has 4 N–H and O–H groups in total. The second-order valence-corrected chi connectivity index (χ2v) is 7.87. The quantitative estimate of drug-likeness (QED) is 0.0896. The first-order valence-corrected chi connectivity index (χ1v) is 9.89. The number of anilines is 1. The molecule has 2 atom stereocenters. The molecule has 2 amide bonds. The molecule has 1 aromatic rings. The summed E-state index contributed by atoms with van der Waals surface area (Å²) in [6.45, 7) is 3.31. The normalized spacial score (nSPS) is 19.3. The number of ether oxygens (including phenoxy) is 1. The van der Waals surface area contributed by atoms with Crippen LogP contribution in [0.4, 0.5) is 5.13 Å². The Kier molecular flexibility index (Phi) is 8.55. The summed E-state index contributed by atoms with van der Waals surface area (Å²) in [6.07, 6.45) is -0.387. The Labute approximate surface area is 193 Å². The number of oxime groups is 1. The molecule has 1 aliphatic heterocycles. The number of amides is 2. The van der Waals surface area contributed by atoms with Crippen LogP contribution in [0.1, 0.15) is 21.0 Å². The molecule has 1 aliphatic rings. The van der Waals surface area contributed by atoms with Gasteiger partial charge in [-0.1, -0.05) is 5.16 Å². The SMILES string of the molecule is COC(=O)C1C(NC(=O)/C(=N\OC(C)C)c2csc(N)n2)C(=O)N1S(=O)(=O)O.[H-].[Na+]. The number of nitrogen functional groups attached to an aromatic ring is 1. The minimum atomic E-state index is -5.03. The second-order valence-electron chi connectivity index (χ2n) is 5.70. The molecule has 0 radical (unpaired) electrons. The fourth-order valence-corrected chi connectivity index (χ4v) is 3.57. The van der Waals surface area contributed by atoms with E-state index >= 15 is 0 Å². The van der Waals surface area contributed by atoms with Gasteiger partial charge in [0.25, 0.3) is 11.8 Å². The summed E-state index contributed by atoms with van der Waals surface area (Å²) in [5, 5.41) is 7.42. The molecule has 2 heterocycles. The van der Waals surface area contributed by atoms with Crippen LogP contribution in [0.5, 0.6) is 0 Å². The third-order valence-electron chi connectivity index (χ3n) is 3.36. The first-order chi connectivity index (χ1) is 13.0. The maximum Gasteiger partial charge on any atom is 1.00 e. The van der Waals surface area contributed by atoms with Crippen molar-refractivity contribution >= 4 is 50.3 Å². The topological polar surface area (TPSA) is 191 Å². The summed E-state index contributed by atoms with van der Waals surface area (Å²) >= 11 is 1.03. The number of β-lactam (4-membered cyclic amide) rings is 1. The van der Waals surface area contributed by atoms with Crippen LogP contribution in [-0.2, 0) is 34.3 Å². The Morgan fingerprint density at radius 1 is 1.48 bits per heavy atom.